The van der Waals surface area contributed by atoms with Gasteiger partial charge >= 0.3 is 0 Å². The number of rotatable bonds is 2. The Morgan fingerprint density at radius 2 is 1.86 bits per heavy atom. The van der Waals surface area contributed by atoms with Crippen molar-refractivity contribution < 1.29 is 8.78 Å². The van der Waals surface area contributed by atoms with E-state index >= 15 is 0 Å². The Bertz CT molecular complexity index is 812. The van der Waals surface area contributed by atoms with Crippen LogP contribution in [-0.4, -0.2) is 9.55 Å². The summed E-state index contributed by atoms with van der Waals surface area (Å²) in [7, 11) is 0. The van der Waals surface area contributed by atoms with Gasteiger partial charge in [0.15, 0.2) is 0 Å². The van der Waals surface area contributed by atoms with E-state index in [4.69, 9.17) is 17.3 Å². The van der Waals surface area contributed by atoms with Crippen molar-refractivity contribution >= 4 is 28.6 Å². The third kappa shape index (κ3) is 2.34. The van der Waals surface area contributed by atoms with Crippen molar-refractivity contribution in [3.8, 4) is 0 Å². The number of fused-ring (bicyclic) bond motifs is 1. The van der Waals surface area contributed by atoms with E-state index < -0.39 is 5.82 Å². The predicted molar refractivity (Wildman–Crippen MR) is 79.3 cm³/mol. The van der Waals surface area contributed by atoms with Crippen LogP contribution in [0.1, 0.15) is 18.5 Å². The second-order valence-corrected chi connectivity index (χ2v) is 5.23. The molecule has 0 spiro atoms. The van der Waals surface area contributed by atoms with E-state index in [1.807, 2.05) is 6.92 Å². The van der Waals surface area contributed by atoms with Crippen LogP contribution in [0.2, 0.25) is 5.02 Å². The molecular weight excluding hydrogens is 296 g/mol. The SMILES string of the molecule is CC(c1ccc(F)cc1)n1c(N)nc2cc(F)c(Cl)cc21. The molecule has 0 fully saturated rings. The van der Waals surface area contributed by atoms with Crippen LogP contribution in [0.5, 0.6) is 0 Å². The van der Waals surface area contributed by atoms with E-state index in [-0.39, 0.29) is 22.8 Å². The lowest BCUT2D eigenvalue weighted by molar-refractivity contribution is 0.620. The van der Waals surface area contributed by atoms with E-state index in [0.29, 0.717) is 11.0 Å². The lowest BCUT2D eigenvalue weighted by Gasteiger charge is -2.16. The van der Waals surface area contributed by atoms with Crippen molar-refractivity contribution in [1.82, 2.24) is 9.55 Å². The van der Waals surface area contributed by atoms with Gasteiger partial charge in [0.1, 0.15) is 11.6 Å². The lowest BCUT2D eigenvalue weighted by Crippen LogP contribution is -2.10. The second-order valence-electron chi connectivity index (χ2n) is 4.82. The van der Waals surface area contributed by atoms with Crippen LogP contribution >= 0.6 is 11.6 Å². The van der Waals surface area contributed by atoms with Gasteiger partial charge in [-0.25, -0.2) is 13.8 Å². The summed E-state index contributed by atoms with van der Waals surface area (Å²) in [4.78, 5) is 4.15. The first kappa shape index (κ1) is 13.8. The van der Waals surface area contributed by atoms with Crippen LogP contribution < -0.4 is 5.73 Å². The summed E-state index contributed by atoms with van der Waals surface area (Å²) in [6, 6.07) is 8.68. The summed E-state index contributed by atoms with van der Waals surface area (Å²) < 4.78 is 28.3. The minimum atomic E-state index is -0.539. The Hall–Kier alpha value is -2.14. The van der Waals surface area contributed by atoms with Gasteiger partial charge < -0.3 is 10.3 Å². The molecule has 0 amide bonds. The number of hydrogen-bond acceptors (Lipinski definition) is 2. The van der Waals surface area contributed by atoms with Crippen molar-refractivity contribution in [2.75, 3.05) is 5.73 Å². The predicted octanol–water partition coefficient (Wildman–Crippen LogP) is 4.16. The van der Waals surface area contributed by atoms with E-state index in [9.17, 15) is 8.78 Å². The number of nitrogens with zero attached hydrogens (tertiary/aromatic N) is 2. The van der Waals surface area contributed by atoms with Crippen LogP contribution in [0.15, 0.2) is 36.4 Å². The maximum Gasteiger partial charge on any atom is 0.201 e. The minimum Gasteiger partial charge on any atom is -0.369 e. The molecule has 0 radical (unpaired) electrons. The third-order valence-corrected chi connectivity index (χ3v) is 3.79. The van der Waals surface area contributed by atoms with Gasteiger partial charge in [0.25, 0.3) is 0 Å². The van der Waals surface area contributed by atoms with Gasteiger partial charge in [-0.3, -0.25) is 0 Å². The summed E-state index contributed by atoms with van der Waals surface area (Å²) in [6.07, 6.45) is 0. The molecule has 2 aromatic carbocycles. The molecule has 0 aliphatic heterocycles. The highest BCUT2D eigenvalue weighted by molar-refractivity contribution is 6.31. The molecule has 1 aromatic heterocycles. The fourth-order valence-corrected chi connectivity index (χ4v) is 2.56. The number of aromatic nitrogens is 2. The van der Waals surface area contributed by atoms with Gasteiger partial charge in [-0.1, -0.05) is 23.7 Å². The molecule has 3 nitrogen and oxygen atoms in total. The molecule has 1 unspecified atom stereocenters. The summed E-state index contributed by atoms with van der Waals surface area (Å²) in [6.45, 7) is 1.90. The van der Waals surface area contributed by atoms with Gasteiger partial charge in [-0.05, 0) is 30.7 Å². The Morgan fingerprint density at radius 1 is 1.19 bits per heavy atom. The highest BCUT2D eigenvalue weighted by Crippen LogP contribution is 2.30. The van der Waals surface area contributed by atoms with E-state index in [2.05, 4.69) is 4.98 Å². The van der Waals surface area contributed by atoms with E-state index in [1.165, 1.54) is 24.3 Å². The molecule has 3 aromatic rings. The minimum absolute atomic E-state index is 0.00922. The number of anilines is 1. The molecule has 2 N–H and O–H groups in total. The van der Waals surface area contributed by atoms with Crippen LogP contribution in [0.4, 0.5) is 14.7 Å². The van der Waals surface area contributed by atoms with Crippen molar-refractivity contribution in [3.05, 3.63) is 58.6 Å². The number of halogens is 3. The normalized spacial score (nSPS) is 12.8. The zero-order chi connectivity index (χ0) is 15.1. The van der Waals surface area contributed by atoms with Crippen LogP contribution in [0.25, 0.3) is 11.0 Å². The molecule has 1 heterocycles. The first-order chi connectivity index (χ1) is 9.97. The fourth-order valence-electron chi connectivity index (χ4n) is 2.41. The Labute approximate surface area is 125 Å². The largest absolute Gasteiger partial charge is 0.369 e. The van der Waals surface area contributed by atoms with Gasteiger partial charge in [0.2, 0.25) is 5.95 Å². The molecule has 1 atom stereocenters. The number of hydrogen-bond donors (Lipinski definition) is 1. The van der Waals surface area contributed by atoms with Gasteiger partial charge in [-0.15, -0.1) is 0 Å². The topological polar surface area (TPSA) is 43.8 Å². The smallest absolute Gasteiger partial charge is 0.201 e. The Morgan fingerprint density at radius 3 is 2.52 bits per heavy atom. The molecular formula is C15H12ClF2N3. The summed E-state index contributed by atoms with van der Waals surface area (Å²) in [5, 5.41) is 0.00922. The van der Waals surface area contributed by atoms with Crippen molar-refractivity contribution in [1.29, 1.82) is 0 Å². The molecule has 108 valence electrons. The van der Waals surface area contributed by atoms with E-state index in [1.54, 1.807) is 16.7 Å². The van der Waals surface area contributed by atoms with Crippen LogP contribution in [0.3, 0.4) is 0 Å². The van der Waals surface area contributed by atoms with Gasteiger partial charge in [-0.2, -0.15) is 0 Å². The molecule has 0 saturated heterocycles. The average Bonchev–Trinajstić information content (AvgIpc) is 2.75. The Balaban J connectivity index is 2.17. The highest BCUT2D eigenvalue weighted by atomic mass is 35.5. The molecule has 0 saturated carbocycles. The molecule has 0 bridgehead atoms. The molecule has 0 aliphatic carbocycles. The van der Waals surface area contributed by atoms with Crippen molar-refractivity contribution in [2.45, 2.75) is 13.0 Å². The number of nitrogens with two attached hydrogens (primary N) is 1. The van der Waals surface area contributed by atoms with E-state index in [0.717, 1.165) is 5.56 Å². The van der Waals surface area contributed by atoms with Gasteiger partial charge in [0.05, 0.1) is 22.1 Å². The summed E-state index contributed by atoms with van der Waals surface area (Å²) in [5.74, 6) is -0.591. The maximum absolute atomic E-state index is 13.5. The standard InChI is InChI=1S/C15H12ClF2N3/c1-8(9-2-4-10(17)5-3-9)21-14-6-11(16)12(18)7-13(14)20-15(21)19/h2-8H,1H3,(H2,19,20). The first-order valence-electron chi connectivity index (χ1n) is 6.35. The number of benzene rings is 2. The average molecular weight is 308 g/mol. The quantitative estimate of drug-likeness (QED) is 0.772. The Kier molecular flexibility index (Phi) is 3.29. The van der Waals surface area contributed by atoms with Crippen molar-refractivity contribution in [2.24, 2.45) is 0 Å². The van der Waals surface area contributed by atoms with Crippen LogP contribution in [0, 0.1) is 11.6 Å². The zero-order valence-corrected chi connectivity index (χ0v) is 11.9. The highest BCUT2D eigenvalue weighted by Gasteiger charge is 2.17. The maximum atomic E-state index is 13.5. The zero-order valence-electron chi connectivity index (χ0n) is 11.1. The molecule has 0 aliphatic rings. The number of nitrogen functional groups attached to an aromatic ring is 1. The second kappa shape index (κ2) is 5.00. The summed E-state index contributed by atoms with van der Waals surface area (Å²) in [5.41, 5.74) is 7.87. The molecule has 3 rings (SSSR count). The lowest BCUT2D eigenvalue weighted by atomic mass is 10.1. The molecule has 21 heavy (non-hydrogen) atoms. The third-order valence-electron chi connectivity index (χ3n) is 3.50. The fraction of sp³-hybridized carbons (Fsp3) is 0.133. The van der Waals surface area contributed by atoms with Gasteiger partial charge in [0, 0.05) is 6.07 Å². The van der Waals surface area contributed by atoms with Crippen LogP contribution in [-0.2, 0) is 0 Å². The molecule has 6 heteroatoms. The summed E-state index contributed by atoms with van der Waals surface area (Å²) >= 11 is 5.83. The first-order valence-corrected chi connectivity index (χ1v) is 6.73. The van der Waals surface area contributed by atoms with Crippen molar-refractivity contribution in [3.63, 3.8) is 0 Å². The monoisotopic (exact) mass is 307 g/mol. The number of imidazole rings is 1.